The van der Waals surface area contributed by atoms with Crippen molar-refractivity contribution in [2.75, 3.05) is 6.54 Å². The van der Waals surface area contributed by atoms with Crippen LogP contribution < -0.4 is 5.32 Å². The standard InChI is InChI=1S/C18H27N3/c1-6-17(19-7-2)18-14(4)20-21(15(18)5)12-16-10-8-9-13(3)11-16/h8-11,17,19H,6-7,12H2,1-5H3. The Morgan fingerprint density at radius 1 is 1.19 bits per heavy atom. The maximum atomic E-state index is 4.76. The van der Waals surface area contributed by atoms with Crippen LogP contribution >= 0.6 is 0 Å². The minimum Gasteiger partial charge on any atom is -0.310 e. The lowest BCUT2D eigenvalue weighted by atomic mass is 10.0. The van der Waals surface area contributed by atoms with Crippen molar-refractivity contribution in [1.29, 1.82) is 0 Å². The van der Waals surface area contributed by atoms with Gasteiger partial charge in [0.15, 0.2) is 0 Å². The van der Waals surface area contributed by atoms with Crippen molar-refractivity contribution in [1.82, 2.24) is 15.1 Å². The van der Waals surface area contributed by atoms with Crippen LogP contribution in [0.3, 0.4) is 0 Å². The second kappa shape index (κ2) is 6.90. The number of benzene rings is 1. The van der Waals surface area contributed by atoms with Gasteiger partial charge in [-0.2, -0.15) is 5.10 Å². The summed E-state index contributed by atoms with van der Waals surface area (Å²) in [5.41, 5.74) is 6.40. The Morgan fingerprint density at radius 2 is 1.95 bits per heavy atom. The largest absolute Gasteiger partial charge is 0.310 e. The molecule has 2 aromatic rings. The monoisotopic (exact) mass is 285 g/mol. The maximum Gasteiger partial charge on any atom is 0.0662 e. The van der Waals surface area contributed by atoms with Crippen LogP contribution in [-0.4, -0.2) is 16.3 Å². The molecule has 1 heterocycles. The van der Waals surface area contributed by atoms with Gasteiger partial charge in [-0.15, -0.1) is 0 Å². The summed E-state index contributed by atoms with van der Waals surface area (Å²) >= 11 is 0. The molecular formula is C18H27N3. The minimum absolute atomic E-state index is 0.404. The quantitative estimate of drug-likeness (QED) is 0.872. The lowest BCUT2D eigenvalue weighted by Crippen LogP contribution is -2.21. The molecule has 3 nitrogen and oxygen atoms in total. The zero-order valence-corrected chi connectivity index (χ0v) is 13.9. The van der Waals surface area contributed by atoms with E-state index in [0.717, 1.165) is 25.2 Å². The summed E-state index contributed by atoms with van der Waals surface area (Å²) < 4.78 is 2.14. The third-order valence-corrected chi connectivity index (χ3v) is 4.06. The summed E-state index contributed by atoms with van der Waals surface area (Å²) in [5.74, 6) is 0. The van der Waals surface area contributed by atoms with Gasteiger partial charge in [0.1, 0.15) is 0 Å². The van der Waals surface area contributed by atoms with Crippen LogP contribution in [0.1, 0.15) is 54.4 Å². The van der Waals surface area contributed by atoms with E-state index in [-0.39, 0.29) is 0 Å². The second-order valence-electron chi connectivity index (χ2n) is 5.75. The lowest BCUT2D eigenvalue weighted by Gasteiger charge is -2.16. The Bertz CT molecular complexity index is 599. The molecule has 0 radical (unpaired) electrons. The van der Waals surface area contributed by atoms with Gasteiger partial charge in [-0.3, -0.25) is 4.68 Å². The molecule has 0 aliphatic carbocycles. The maximum absolute atomic E-state index is 4.76. The van der Waals surface area contributed by atoms with Crippen molar-refractivity contribution in [3.8, 4) is 0 Å². The molecule has 1 atom stereocenters. The number of nitrogens with one attached hydrogen (secondary N) is 1. The van der Waals surface area contributed by atoms with Crippen LogP contribution in [0.4, 0.5) is 0 Å². The first kappa shape index (κ1) is 15.8. The summed E-state index contributed by atoms with van der Waals surface area (Å²) in [4.78, 5) is 0. The van der Waals surface area contributed by atoms with E-state index in [4.69, 9.17) is 5.10 Å². The van der Waals surface area contributed by atoms with E-state index in [9.17, 15) is 0 Å². The highest BCUT2D eigenvalue weighted by Crippen LogP contribution is 2.24. The number of nitrogens with zero attached hydrogens (tertiary/aromatic N) is 2. The van der Waals surface area contributed by atoms with Crippen LogP contribution in [0.25, 0.3) is 0 Å². The summed E-state index contributed by atoms with van der Waals surface area (Å²) in [5, 5.41) is 8.33. The molecule has 0 amide bonds. The van der Waals surface area contributed by atoms with Crippen molar-refractivity contribution in [3.05, 3.63) is 52.3 Å². The van der Waals surface area contributed by atoms with Gasteiger partial charge in [-0.05, 0) is 39.3 Å². The van der Waals surface area contributed by atoms with E-state index >= 15 is 0 Å². The topological polar surface area (TPSA) is 29.9 Å². The average Bonchev–Trinajstić information content (AvgIpc) is 2.71. The Hall–Kier alpha value is -1.61. The highest BCUT2D eigenvalue weighted by molar-refractivity contribution is 5.30. The van der Waals surface area contributed by atoms with Crippen molar-refractivity contribution >= 4 is 0 Å². The SMILES string of the molecule is CCNC(CC)c1c(C)nn(Cc2cccc(C)c2)c1C. The van der Waals surface area contributed by atoms with Crippen molar-refractivity contribution in [3.63, 3.8) is 0 Å². The number of rotatable bonds is 6. The highest BCUT2D eigenvalue weighted by atomic mass is 15.3. The van der Waals surface area contributed by atoms with E-state index in [1.54, 1.807) is 0 Å². The van der Waals surface area contributed by atoms with Crippen LogP contribution in [-0.2, 0) is 6.54 Å². The van der Waals surface area contributed by atoms with Crippen molar-refractivity contribution in [2.24, 2.45) is 0 Å². The predicted octanol–water partition coefficient (Wildman–Crippen LogP) is 3.92. The number of aryl methyl sites for hydroxylation is 2. The first-order chi connectivity index (χ1) is 10.1. The number of hydrogen-bond donors (Lipinski definition) is 1. The fourth-order valence-corrected chi connectivity index (χ4v) is 3.05. The van der Waals surface area contributed by atoms with Crippen LogP contribution in [0.5, 0.6) is 0 Å². The second-order valence-corrected chi connectivity index (χ2v) is 5.75. The Labute approximate surface area is 128 Å². The van der Waals surface area contributed by atoms with Crippen LogP contribution in [0.15, 0.2) is 24.3 Å². The van der Waals surface area contributed by atoms with Gasteiger partial charge in [0.2, 0.25) is 0 Å². The van der Waals surface area contributed by atoms with E-state index in [1.807, 2.05) is 0 Å². The van der Waals surface area contributed by atoms with E-state index in [0.29, 0.717) is 6.04 Å². The third-order valence-electron chi connectivity index (χ3n) is 4.06. The first-order valence-electron chi connectivity index (χ1n) is 7.89. The van der Waals surface area contributed by atoms with Gasteiger partial charge in [0, 0.05) is 17.3 Å². The molecule has 1 N–H and O–H groups in total. The Balaban J connectivity index is 2.30. The van der Waals surface area contributed by atoms with Gasteiger partial charge in [-0.1, -0.05) is 43.7 Å². The molecule has 3 heteroatoms. The summed E-state index contributed by atoms with van der Waals surface area (Å²) in [6.45, 7) is 12.7. The minimum atomic E-state index is 0.404. The van der Waals surface area contributed by atoms with Gasteiger partial charge >= 0.3 is 0 Å². The lowest BCUT2D eigenvalue weighted by molar-refractivity contribution is 0.531. The predicted molar refractivity (Wildman–Crippen MR) is 88.7 cm³/mol. The molecule has 1 aromatic carbocycles. The first-order valence-corrected chi connectivity index (χ1v) is 7.89. The molecule has 0 bridgehead atoms. The molecular weight excluding hydrogens is 258 g/mol. The van der Waals surface area contributed by atoms with E-state index < -0.39 is 0 Å². The zero-order valence-electron chi connectivity index (χ0n) is 13.9. The molecule has 0 spiro atoms. The van der Waals surface area contributed by atoms with E-state index in [2.05, 4.69) is 68.9 Å². The normalized spacial score (nSPS) is 12.6. The van der Waals surface area contributed by atoms with Crippen molar-refractivity contribution in [2.45, 2.75) is 53.6 Å². The molecule has 0 saturated carbocycles. The van der Waals surface area contributed by atoms with Crippen molar-refractivity contribution < 1.29 is 0 Å². The molecule has 21 heavy (non-hydrogen) atoms. The van der Waals surface area contributed by atoms with Crippen LogP contribution in [0, 0.1) is 20.8 Å². The fourth-order valence-electron chi connectivity index (χ4n) is 3.05. The van der Waals surface area contributed by atoms with E-state index in [1.165, 1.54) is 22.4 Å². The molecule has 2 rings (SSSR count). The molecule has 0 aliphatic rings. The highest BCUT2D eigenvalue weighted by Gasteiger charge is 2.18. The Morgan fingerprint density at radius 3 is 2.57 bits per heavy atom. The summed E-state index contributed by atoms with van der Waals surface area (Å²) in [7, 11) is 0. The smallest absolute Gasteiger partial charge is 0.0662 e. The van der Waals surface area contributed by atoms with Gasteiger partial charge in [0.25, 0.3) is 0 Å². The van der Waals surface area contributed by atoms with Crippen LogP contribution in [0.2, 0.25) is 0 Å². The fraction of sp³-hybridized carbons (Fsp3) is 0.500. The number of aromatic nitrogens is 2. The number of hydrogen-bond acceptors (Lipinski definition) is 2. The van der Waals surface area contributed by atoms with Gasteiger partial charge in [0.05, 0.1) is 12.2 Å². The molecule has 0 aliphatic heterocycles. The molecule has 114 valence electrons. The van der Waals surface area contributed by atoms with Gasteiger partial charge in [-0.25, -0.2) is 0 Å². The zero-order chi connectivity index (χ0) is 15.4. The summed E-state index contributed by atoms with van der Waals surface area (Å²) in [6.07, 6.45) is 1.09. The third kappa shape index (κ3) is 3.53. The van der Waals surface area contributed by atoms with Gasteiger partial charge < -0.3 is 5.32 Å². The summed E-state index contributed by atoms with van der Waals surface area (Å²) in [6, 6.07) is 9.06. The molecule has 1 aromatic heterocycles. The molecule has 0 saturated heterocycles. The molecule has 0 fully saturated rings. The Kier molecular flexibility index (Phi) is 5.18. The average molecular weight is 285 g/mol. The molecule has 1 unspecified atom stereocenters.